The quantitative estimate of drug-likeness (QED) is 0.171. The largest absolute Gasteiger partial charge is 0.469 e. The number of methoxy groups -OCH3 is 1. The van der Waals surface area contributed by atoms with Crippen molar-refractivity contribution in [2.24, 2.45) is 0 Å². The number of nitrogens with zero attached hydrogens (tertiary/aromatic N) is 1. The zero-order valence-electron chi connectivity index (χ0n) is 27.1. The lowest BCUT2D eigenvalue weighted by molar-refractivity contribution is -0.154. The zero-order valence-corrected chi connectivity index (χ0v) is 27.9. The number of thioether (sulfide) groups is 1. The minimum Gasteiger partial charge on any atom is -0.469 e. The highest BCUT2D eigenvalue weighted by Gasteiger charge is 2.54. The maximum atomic E-state index is 14.0. The minimum atomic E-state index is -0.921. The molecule has 3 aromatic carbocycles. The topological polar surface area (TPSA) is 140 Å². The highest BCUT2D eigenvalue weighted by Crippen LogP contribution is 2.42. The van der Waals surface area contributed by atoms with E-state index in [9.17, 15) is 24.0 Å². The first kappa shape index (κ1) is 34.2. The Labute approximate surface area is 283 Å². The van der Waals surface area contributed by atoms with Gasteiger partial charge in [0.05, 0.1) is 20.0 Å². The van der Waals surface area contributed by atoms with E-state index >= 15 is 0 Å². The van der Waals surface area contributed by atoms with Gasteiger partial charge >= 0.3 is 18.0 Å². The summed E-state index contributed by atoms with van der Waals surface area (Å²) in [6, 6.07) is 24.3. The molecule has 0 aliphatic carbocycles. The molecule has 5 rings (SSSR count). The van der Waals surface area contributed by atoms with E-state index in [0.717, 1.165) is 11.1 Å². The summed E-state index contributed by atoms with van der Waals surface area (Å²) in [5.74, 6) is -2.05. The summed E-state index contributed by atoms with van der Waals surface area (Å²) in [6.07, 6.45) is -1.76. The number of para-hydroxylation sites is 1. The van der Waals surface area contributed by atoms with Crippen LogP contribution in [0.1, 0.15) is 50.0 Å². The summed E-state index contributed by atoms with van der Waals surface area (Å²) in [4.78, 5) is 66.8. The fraction of sp³-hybridized carbons (Fsp3) is 0.306. The number of esters is 2. The van der Waals surface area contributed by atoms with Gasteiger partial charge in [-0.05, 0) is 49.1 Å². The molecule has 2 aliphatic heterocycles. The Kier molecular flexibility index (Phi) is 10.5. The Morgan fingerprint density at radius 2 is 1.50 bits per heavy atom. The van der Waals surface area contributed by atoms with Crippen molar-refractivity contribution >= 4 is 47.3 Å². The fourth-order valence-corrected chi connectivity index (χ4v) is 6.75. The van der Waals surface area contributed by atoms with Crippen LogP contribution < -0.4 is 10.6 Å². The number of carbonyl (C=O) groups excluding carboxylic acids is 5. The number of amides is 3. The van der Waals surface area contributed by atoms with Gasteiger partial charge in [-0.3, -0.25) is 24.6 Å². The number of benzene rings is 3. The Morgan fingerprint density at radius 3 is 2.10 bits per heavy atom. The maximum absolute atomic E-state index is 14.0. The lowest BCUT2D eigenvalue weighted by Crippen LogP contribution is -2.70. The van der Waals surface area contributed by atoms with Crippen molar-refractivity contribution in [2.75, 3.05) is 18.2 Å². The van der Waals surface area contributed by atoms with Gasteiger partial charge in [-0.1, -0.05) is 78.9 Å². The average molecular weight is 672 g/mol. The Morgan fingerprint density at radius 1 is 0.896 bits per heavy atom. The molecule has 2 aliphatic rings. The number of hydrogen-bond donors (Lipinski definition) is 2. The second-order valence-corrected chi connectivity index (χ2v) is 13.3. The van der Waals surface area contributed by atoms with Crippen molar-refractivity contribution in [3.05, 3.63) is 113 Å². The molecule has 1 fully saturated rings. The van der Waals surface area contributed by atoms with E-state index in [4.69, 9.17) is 14.2 Å². The molecule has 11 nitrogen and oxygen atoms in total. The van der Waals surface area contributed by atoms with Crippen LogP contribution in [-0.4, -0.2) is 64.6 Å². The first-order valence-electron chi connectivity index (χ1n) is 15.4. The first-order valence-corrected chi connectivity index (χ1v) is 16.4. The van der Waals surface area contributed by atoms with E-state index in [1.165, 1.54) is 23.8 Å². The number of hydrogen-bond acceptors (Lipinski definition) is 9. The Balaban J connectivity index is 1.34. The van der Waals surface area contributed by atoms with Crippen LogP contribution in [0, 0.1) is 0 Å². The first-order chi connectivity index (χ1) is 22.9. The fourth-order valence-electron chi connectivity index (χ4n) is 5.41. The van der Waals surface area contributed by atoms with Gasteiger partial charge in [0.15, 0.2) is 6.10 Å². The Hall–Kier alpha value is -5.10. The van der Waals surface area contributed by atoms with Crippen LogP contribution in [0.3, 0.4) is 0 Å². The molecule has 48 heavy (non-hydrogen) atoms. The van der Waals surface area contributed by atoms with E-state index in [1.807, 2.05) is 60.7 Å². The van der Waals surface area contributed by atoms with Gasteiger partial charge in [-0.25, -0.2) is 9.59 Å². The van der Waals surface area contributed by atoms with E-state index < -0.39 is 53.0 Å². The normalized spacial score (nSPS) is 17.2. The average Bonchev–Trinajstić information content (AvgIpc) is 3.06. The smallest absolute Gasteiger partial charge is 0.412 e. The lowest BCUT2D eigenvalue weighted by atomic mass is 9.99. The SMILES string of the molecule is COC(=O)CC1=C(C(=O)OC(c2ccccc2)c2ccccc2)N2C(=O)[C@@H](NC(=O)Cc3ccccc3NC(=O)OC(C)(C)C)[C@@H]2SC1. The predicted octanol–water partition coefficient (Wildman–Crippen LogP) is 5.13. The molecule has 3 aromatic rings. The third-order valence-electron chi connectivity index (χ3n) is 7.58. The molecule has 0 radical (unpaired) electrons. The van der Waals surface area contributed by atoms with Gasteiger partial charge in [-0.15, -0.1) is 11.8 Å². The Bertz CT molecular complexity index is 1680. The minimum absolute atomic E-state index is 0.0246. The molecule has 3 amide bonds. The molecule has 1 saturated heterocycles. The molecule has 2 N–H and O–H groups in total. The third-order valence-corrected chi connectivity index (χ3v) is 8.92. The number of β-lactam (4-membered cyclic amide) rings is 1. The van der Waals surface area contributed by atoms with Gasteiger partial charge in [0.2, 0.25) is 5.91 Å². The molecule has 0 aromatic heterocycles. The van der Waals surface area contributed by atoms with Crippen molar-refractivity contribution in [1.82, 2.24) is 10.2 Å². The second-order valence-electron chi connectivity index (χ2n) is 12.2. The highest BCUT2D eigenvalue weighted by atomic mass is 32.2. The number of ether oxygens (including phenoxy) is 3. The van der Waals surface area contributed by atoms with Crippen LogP contribution in [0.2, 0.25) is 0 Å². The summed E-state index contributed by atoms with van der Waals surface area (Å²) < 4.78 is 16.3. The monoisotopic (exact) mass is 671 g/mol. The number of carbonyl (C=O) groups is 5. The summed E-state index contributed by atoms with van der Waals surface area (Å²) in [7, 11) is 1.25. The van der Waals surface area contributed by atoms with Crippen molar-refractivity contribution in [3.8, 4) is 0 Å². The van der Waals surface area contributed by atoms with Gasteiger partial charge < -0.3 is 19.5 Å². The number of nitrogens with one attached hydrogen (secondary N) is 2. The van der Waals surface area contributed by atoms with E-state index in [0.29, 0.717) is 16.8 Å². The van der Waals surface area contributed by atoms with Crippen LogP contribution in [0.5, 0.6) is 0 Å². The van der Waals surface area contributed by atoms with Crippen LogP contribution in [0.4, 0.5) is 10.5 Å². The van der Waals surface area contributed by atoms with Crippen molar-refractivity contribution < 1.29 is 38.2 Å². The predicted molar refractivity (Wildman–Crippen MR) is 180 cm³/mol. The summed E-state index contributed by atoms with van der Waals surface area (Å²) in [6.45, 7) is 5.24. The summed E-state index contributed by atoms with van der Waals surface area (Å²) in [5.41, 5.74) is 2.06. The molecule has 0 saturated carbocycles. The summed E-state index contributed by atoms with van der Waals surface area (Å²) in [5, 5.41) is 4.86. The number of rotatable bonds is 10. The maximum Gasteiger partial charge on any atom is 0.412 e. The van der Waals surface area contributed by atoms with Gasteiger partial charge in [0, 0.05) is 11.4 Å². The van der Waals surface area contributed by atoms with Crippen LogP contribution in [0.25, 0.3) is 0 Å². The lowest BCUT2D eigenvalue weighted by Gasteiger charge is -2.49. The molecule has 2 heterocycles. The van der Waals surface area contributed by atoms with E-state index in [-0.39, 0.29) is 24.3 Å². The summed E-state index contributed by atoms with van der Waals surface area (Å²) >= 11 is 1.33. The van der Waals surface area contributed by atoms with Crippen molar-refractivity contribution in [2.45, 2.75) is 56.7 Å². The van der Waals surface area contributed by atoms with Gasteiger partial charge in [0.25, 0.3) is 5.91 Å². The van der Waals surface area contributed by atoms with Gasteiger partial charge in [-0.2, -0.15) is 0 Å². The van der Waals surface area contributed by atoms with Gasteiger partial charge in [0.1, 0.15) is 22.7 Å². The molecular formula is C36H37N3O8S. The molecule has 250 valence electrons. The molecule has 2 atom stereocenters. The van der Waals surface area contributed by atoms with E-state index in [1.54, 1.807) is 45.0 Å². The molecule has 0 bridgehead atoms. The molecule has 12 heteroatoms. The molecule has 0 unspecified atom stereocenters. The molecule has 0 spiro atoms. The zero-order chi connectivity index (χ0) is 34.4. The third kappa shape index (κ3) is 8.06. The van der Waals surface area contributed by atoms with E-state index in [2.05, 4.69) is 10.6 Å². The highest BCUT2D eigenvalue weighted by molar-refractivity contribution is 8.00. The van der Waals surface area contributed by atoms with Crippen LogP contribution in [0.15, 0.2) is 96.2 Å². The van der Waals surface area contributed by atoms with Crippen molar-refractivity contribution in [3.63, 3.8) is 0 Å². The van der Waals surface area contributed by atoms with Crippen LogP contribution >= 0.6 is 11.8 Å². The number of anilines is 1. The number of fused-ring (bicyclic) bond motifs is 1. The van der Waals surface area contributed by atoms with Crippen molar-refractivity contribution in [1.29, 1.82) is 0 Å². The standard InChI is InChI=1S/C36H37N3O8S/c1-36(2,3)47-35(44)37-26-18-12-11-17-24(26)19-27(40)38-29-32(42)39-30(25(20-28(41)45-4)21-48-33(29)39)34(43)46-31(22-13-7-5-8-14-22)23-15-9-6-10-16-23/h5-18,29,31,33H,19-21H2,1-4H3,(H,37,44)(H,38,40)/t29-,33+/m1/s1. The van der Waals surface area contributed by atoms with Crippen LogP contribution in [-0.2, 0) is 39.8 Å². The second kappa shape index (κ2) is 14.8. The molecular weight excluding hydrogens is 634 g/mol.